The Balaban J connectivity index is 1.72. The first kappa shape index (κ1) is 12.1. The second-order valence-electron chi connectivity index (χ2n) is 4.38. The van der Waals surface area contributed by atoms with E-state index < -0.39 is 0 Å². The van der Waals surface area contributed by atoms with E-state index in [1.807, 2.05) is 10.5 Å². The van der Waals surface area contributed by atoms with Crippen molar-refractivity contribution in [3.8, 4) is 0 Å². The predicted molar refractivity (Wildman–Crippen MR) is 74.3 cm³/mol. The maximum absolute atomic E-state index is 6.12. The molecule has 0 aliphatic rings. The van der Waals surface area contributed by atoms with Crippen LogP contribution in [-0.4, -0.2) is 19.6 Å². The SMILES string of the molecule is Clc1cncc2nnc(CCCc3ccccc3)n12. The van der Waals surface area contributed by atoms with Crippen LogP contribution in [0.25, 0.3) is 5.65 Å². The average Bonchev–Trinajstić information content (AvgIpc) is 2.85. The van der Waals surface area contributed by atoms with Crippen molar-refractivity contribution in [2.75, 3.05) is 0 Å². The number of fused-ring (bicyclic) bond motifs is 1. The van der Waals surface area contributed by atoms with Crippen LogP contribution in [0.1, 0.15) is 17.8 Å². The number of rotatable bonds is 4. The van der Waals surface area contributed by atoms with Gasteiger partial charge in [0.05, 0.1) is 12.4 Å². The lowest BCUT2D eigenvalue weighted by Gasteiger charge is -2.02. The summed E-state index contributed by atoms with van der Waals surface area (Å²) in [6.45, 7) is 0. The van der Waals surface area contributed by atoms with Gasteiger partial charge < -0.3 is 0 Å². The third kappa shape index (κ3) is 2.58. The predicted octanol–water partition coefficient (Wildman–Crippen LogP) is 2.95. The third-order valence-electron chi connectivity index (χ3n) is 3.05. The second kappa shape index (κ2) is 5.36. The highest BCUT2D eigenvalue weighted by atomic mass is 35.5. The number of halogens is 1. The van der Waals surface area contributed by atoms with Gasteiger partial charge in [0.25, 0.3) is 0 Å². The zero-order chi connectivity index (χ0) is 13.1. The Morgan fingerprint density at radius 2 is 1.84 bits per heavy atom. The topological polar surface area (TPSA) is 43.1 Å². The number of aryl methyl sites for hydroxylation is 2. The minimum Gasteiger partial charge on any atom is -0.266 e. The van der Waals surface area contributed by atoms with Crippen LogP contribution < -0.4 is 0 Å². The molecule has 0 spiro atoms. The van der Waals surface area contributed by atoms with E-state index in [1.165, 1.54) is 5.56 Å². The zero-order valence-corrected chi connectivity index (χ0v) is 11.1. The van der Waals surface area contributed by atoms with E-state index in [-0.39, 0.29) is 0 Å². The largest absolute Gasteiger partial charge is 0.266 e. The van der Waals surface area contributed by atoms with Crippen molar-refractivity contribution >= 4 is 17.2 Å². The molecule has 0 fully saturated rings. The molecule has 3 aromatic rings. The van der Waals surface area contributed by atoms with Crippen LogP contribution in [0.2, 0.25) is 5.15 Å². The molecular weight excluding hydrogens is 260 g/mol. The monoisotopic (exact) mass is 272 g/mol. The molecule has 2 aromatic heterocycles. The Bertz CT molecular complexity index is 678. The normalized spacial score (nSPS) is 11.0. The van der Waals surface area contributed by atoms with Gasteiger partial charge in [-0.2, -0.15) is 0 Å². The fraction of sp³-hybridized carbons (Fsp3) is 0.214. The molecule has 96 valence electrons. The van der Waals surface area contributed by atoms with Crippen molar-refractivity contribution in [1.82, 2.24) is 19.6 Å². The lowest BCUT2D eigenvalue weighted by Crippen LogP contribution is -1.98. The highest BCUT2D eigenvalue weighted by Crippen LogP contribution is 2.13. The molecule has 4 nitrogen and oxygen atoms in total. The molecule has 2 heterocycles. The molecule has 1 aromatic carbocycles. The van der Waals surface area contributed by atoms with Crippen LogP contribution in [0, 0.1) is 0 Å². The zero-order valence-electron chi connectivity index (χ0n) is 10.3. The molecule has 0 amide bonds. The molecule has 0 saturated heterocycles. The van der Waals surface area contributed by atoms with Gasteiger partial charge in [0, 0.05) is 6.42 Å². The minimum absolute atomic E-state index is 0.553. The van der Waals surface area contributed by atoms with Crippen LogP contribution in [0.4, 0.5) is 0 Å². The third-order valence-corrected chi connectivity index (χ3v) is 3.32. The van der Waals surface area contributed by atoms with E-state index in [9.17, 15) is 0 Å². The number of nitrogens with zero attached hydrogens (tertiary/aromatic N) is 4. The molecule has 0 radical (unpaired) electrons. The van der Waals surface area contributed by atoms with Crippen molar-refractivity contribution in [3.05, 3.63) is 59.3 Å². The van der Waals surface area contributed by atoms with Gasteiger partial charge >= 0.3 is 0 Å². The summed E-state index contributed by atoms with van der Waals surface area (Å²) < 4.78 is 1.85. The number of aromatic nitrogens is 4. The summed E-state index contributed by atoms with van der Waals surface area (Å²) in [6.07, 6.45) is 6.17. The molecule has 5 heteroatoms. The van der Waals surface area contributed by atoms with Gasteiger partial charge in [0.2, 0.25) is 0 Å². The Morgan fingerprint density at radius 1 is 1.00 bits per heavy atom. The first-order chi connectivity index (χ1) is 9.34. The summed E-state index contributed by atoms with van der Waals surface area (Å²) in [5.41, 5.74) is 2.03. The standard InChI is InChI=1S/C14H13ClN4/c15-12-9-16-10-14-18-17-13(19(12)14)8-4-7-11-5-2-1-3-6-11/h1-3,5-6,9-10H,4,7-8H2. The molecular formula is C14H13ClN4. The van der Waals surface area contributed by atoms with E-state index in [1.54, 1.807) is 12.4 Å². The maximum atomic E-state index is 6.12. The van der Waals surface area contributed by atoms with E-state index in [2.05, 4.69) is 39.4 Å². The first-order valence-corrected chi connectivity index (χ1v) is 6.60. The molecule has 0 aliphatic heterocycles. The van der Waals surface area contributed by atoms with Crippen molar-refractivity contribution in [1.29, 1.82) is 0 Å². The van der Waals surface area contributed by atoms with Crippen molar-refractivity contribution in [3.63, 3.8) is 0 Å². The van der Waals surface area contributed by atoms with Gasteiger partial charge in [-0.25, -0.2) is 0 Å². The Kier molecular flexibility index (Phi) is 3.42. The molecule has 0 unspecified atom stereocenters. The quantitative estimate of drug-likeness (QED) is 0.733. The number of hydrogen-bond donors (Lipinski definition) is 0. The Morgan fingerprint density at radius 3 is 2.68 bits per heavy atom. The van der Waals surface area contributed by atoms with Crippen molar-refractivity contribution in [2.24, 2.45) is 0 Å². The van der Waals surface area contributed by atoms with E-state index >= 15 is 0 Å². The van der Waals surface area contributed by atoms with Gasteiger partial charge in [-0.05, 0) is 18.4 Å². The minimum atomic E-state index is 0.553. The maximum Gasteiger partial charge on any atom is 0.180 e. The molecule has 0 saturated carbocycles. The number of benzene rings is 1. The van der Waals surface area contributed by atoms with Gasteiger partial charge in [0.1, 0.15) is 11.0 Å². The van der Waals surface area contributed by atoms with E-state index in [0.29, 0.717) is 10.8 Å². The Labute approximate surface area is 116 Å². The van der Waals surface area contributed by atoms with Crippen LogP contribution in [0.3, 0.4) is 0 Å². The summed E-state index contributed by atoms with van der Waals surface area (Å²) in [7, 11) is 0. The van der Waals surface area contributed by atoms with Crippen molar-refractivity contribution in [2.45, 2.75) is 19.3 Å². The summed E-state index contributed by atoms with van der Waals surface area (Å²) in [5.74, 6) is 0.887. The van der Waals surface area contributed by atoms with Gasteiger partial charge in [-0.15, -0.1) is 10.2 Å². The molecule has 0 aliphatic carbocycles. The van der Waals surface area contributed by atoms with Crippen LogP contribution in [0.5, 0.6) is 0 Å². The first-order valence-electron chi connectivity index (χ1n) is 6.22. The molecule has 0 bridgehead atoms. The smallest absolute Gasteiger partial charge is 0.180 e. The van der Waals surface area contributed by atoms with Crippen LogP contribution in [-0.2, 0) is 12.8 Å². The van der Waals surface area contributed by atoms with Gasteiger partial charge in [0.15, 0.2) is 5.65 Å². The van der Waals surface area contributed by atoms with Crippen LogP contribution >= 0.6 is 11.6 Å². The van der Waals surface area contributed by atoms with E-state index in [4.69, 9.17) is 11.6 Å². The molecule has 19 heavy (non-hydrogen) atoms. The molecule has 3 rings (SSSR count). The molecule has 0 N–H and O–H groups in total. The molecule has 0 atom stereocenters. The van der Waals surface area contributed by atoms with Gasteiger partial charge in [-0.1, -0.05) is 41.9 Å². The fourth-order valence-corrected chi connectivity index (χ4v) is 2.37. The summed E-state index contributed by atoms with van der Waals surface area (Å²) in [6, 6.07) is 10.4. The van der Waals surface area contributed by atoms with Crippen LogP contribution in [0.15, 0.2) is 42.7 Å². The van der Waals surface area contributed by atoms with Crippen molar-refractivity contribution < 1.29 is 0 Å². The summed E-state index contributed by atoms with van der Waals surface area (Å²) >= 11 is 6.12. The highest BCUT2D eigenvalue weighted by Gasteiger charge is 2.08. The number of hydrogen-bond acceptors (Lipinski definition) is 3. The Hall–Kier alpha value is -1.94. The summed E-state index contributed by atoms with van der Waals surface area (Å²) in [5, 5.41) is 8.80. The lowest BCUT2D eigenvalue weighted by atomic mass is 10.1. The highest BCUT2D eigenvalue weighted by molar-refractivity contribution is 6.29. The second-order valence-corrected chi connectivity index (χ2v) is 4.77. The average molecular weight is 273 g/mol. The fourth-order valence-electron chi connectivity index (χ4n) is 2.13. The lowest BCUT2D eigenvalue weighted by molar-refractivity contribution is 0.760. The van der Waals surface area contributed by atoms with Gasteiger partial charge in [-0.3, -0.25) is 9.38 Å². The summed E-state index contributed by atoms with van der Waals surface area (Å²) in [4.78, 5) is 4.00. The van der Waals surface area contributed by atoms with E-state index in [0.717, 1.165) is 25.1 Å².